The molecule has 2 saturated heterocycles. The molecule has 0 spiro atoms. The van der Waals surface area contributed by atoms with E-state index in [4.69, 9.17) is 0 Å². The predicted molar refractivity (Wildman–Crippen MR) is 54.1 cm³/mol. The van der Waals surface area contributed by atoms with Gasteiger partial charge in [0.25, 0.3) is 0 Å². The Balaban J connectivity index is 0.000000980. The molecule has 0 unspecified atom stereocenters. The Hall–Kier alpha value is -0.610. The van der Waals surface area contributed by atoms with E-state index in [9.17, 15) is 9.59 Å². The van der Waals surface area contributed by atoms with Crippen molar-refractivity contribution < 1.29 is 9.59 Å². The summed E-state index contributed by atoms with van der Waals surface area (Å²) in [7, 11) is 0. The van der Waals surface area contributed by atoms with Crippen LogP contribution in [0.15, 0.2) is 0 Å². The van der Waals surface area contributed by atoms with E-state index in [1.807, 2.05) is 6.92 Å². The second-order valence-electron chi connectivity index (χ2n) is 3.70. The molecular formula is C9H15ClN2O2. The summed E-state index contributed by atoms with van der Waals surface area (Å²) in [5.41, 5.74) is 0. The van der Waals surface area contributed by atoms with Crippen molar-refractivity contribution in [2.24, 2.45) is 11.8 Å². The Bertz CT molecular complexity index is 235. The highest BCUT2D eigenvalue weighted by Gasteiger charge is 2.49. The van der Waals surface area contributed by atoms with Crippen molar-refractivity contribution in [3.8, 4) is 0 Å². The van der Waals surface area contributed by atoms with Gasteiger partial charge in [-0.15, -0.1) is 12.4 Å². The Morgan fingerprint density at radius 3 is 2.21 bits per heavy atom. The highest BCUT2D eigenvalue weighted by atomic mass is 35.5. The third-order valence-electron chi connectivity index (χ3n) is 2.83. The highest BCUT2D eigenvalue weighted by molar-refractivity contribution is 6.05. The minimum atomic E-state index is -0.0703. The number of amides is 2. The van der Waals surface area contributed by atoms with Crippen LogP contribution in [0.25, 0.3) is 0 Å². The van der Waals surface area contributed by atoms with Crippen LogP contribution >= 0.6 is 12.4 Å². The van der Waals surface area contributed by atoms with Crippen molar-refractivity contribution in [1.29, 1.82) is 0 Å². The van der Waals surface area contributed by atoms with Crippen LogP contribution in [0.4, 0.5) is 0 Å². The van der Waals surface area contributed by atoms with E-state index in [2.05, 4.69) is 5.32 Å². The zero-order valence-electron chi connectivity index (χ0n) is 8.16. The summed E-state index contributed by atoms with van der Waals surface area (Å²) in [6, 6.07) is 0. The smallest absolute Gasteiger partial charge is 0.234 e. The molecule has 1 N–H and O–H groups in total. The van der Waals surface area contributed by atoms with Gasteiger partial charge in [0.1, 0.15) is 0 Å². The van der Waals surface area contributed by atoms with Crippen LogP contribution < -0.4 is 5.32 Å². The average Bonchev–Trinajstić information content (AvgIpc) is 2.66. The number of carbonyl (C=O) groups is 2. The molecule has 80 valence electrons. The molecule has 2 fully saturated rings. The standard InChI is InChI=1S/C9H14N2O2.ClH/c1-2-3-11-8(12)6-4-10-5-7(6)9(11)13;/h6-7,10H,2-5H2,1H3;1H/t6-,7+;. The molecule has 2 aliphatic heterocycles. The van der Waals surface area contributed by atoms with Gasteiger partial charge in [0.15, 0.2) is 0 Å². The summed E-state index contributed by atoms with van der Waals surface area (Å²) in [6.07, 6.45) is 0.852. The van der Waals surface area contributed by atoms with Crippen LogP contribution in [-0.4, -0.2) is 36.3 Å². The lowest BCUT2D eigenvalue weighted by molar-refractivity contribution is -0.140. The van der Waals surface area contributed by atoms with Gasteiger partial charge in [-0.3, -0.25) is 14.5 Å². The van der Waals surface area contributed by atoms with Crippen molar-refractivity contribution in [2.75, 3.05) is 19.6 Å². The number of halogens is 1. The zero-order chi connectivity index (χ0) is 9.42. The molecule has 0 aliphatic carbocycles. The number of fused-ring (bicyclic) bond motifs is 1. The monoisotopic (exact) mass is 218 g/mol. The summed E-state index contributed by atoms with van der Waals surface area (Å²) < 4.78 is 0. The normalized spacial score (nSPS) is 30.5. The molecule has 2 amide bonds. The van der Waals surface area contributed by atoms with Gasteiger partial charge in [0.2, 0.25) is 11.8 Å². The average molecular weight is 219 g/mol. The van der Waals surface area contributed by atoms with Gasteiger partial charge in [-0.05, 0) is 6.42 Å². The molecule has 14 heavy (non-hydrogen) atoms. The minimum absolute atomic E-state index is 0. The second-order valence-corrected chi connectivity index (χ2v) is 3.70. The molecule has 0 aromatic rings. The second kappa shape index (κ2) is 4.28. The number of likely N-dealkylation sites (tertiary alicyclic amines) is 1. The maximum Gasteiger partial charge on any atom is 0.234 e. The van der Waals surface area contributed by atoms with Crippen molar-refractivity contribution >= 4 is 24.2 Å². The van der Waals surface area contributed by atoms with Gasteiger partial charge in [-0.1, -0.05) is 6.92 Å². The fraction of sp³-hybridized carbons (Fsp3) is 0.778. The summed E-state index contributed by atoms with van der Waals surface area (Å²) in [6.45, 7) is 3.92. The van der Waals surface area contributed by atoms with E-state index in [0.717, 1.165) is 6.42 Å². The Morgan fingerprint density at radius 2 is 1.79 bits per heavy atom. The first-order valence-electron chi connectivity index (χ1n) is 4.81. The first-order valence-corrected chi connectivity index (χ1v) is 4.81. The first kappa shape index (κ1) is 11.5. The predicted octanol–water partition coefficient (Wildman–Crippen LogP) is 0.0226. The third-order valence-corrected chi connectivity index (χ3v) is 2.83. The molecule has 5 heteroatoms. The lowest BCUT2D eigenvalue weighted by atomic mass is 10.00. The van der Waals surface area contributed by atoms with Gasteiger partial charge in [0, 0.05) is 19.6 Å². The number of hydrogen-bond donors (Lipinski definition) is 1. The number of rotatable bonds is 2. The quantitative estimate of drug-likeness (QED) is 0.665. The van der Waals surface area contributed by atoms with Gasteiger partial charge in [-0.25, -0.2) is 0 Å². The van der Waals surface area contributed by atoms with Crippen LogP contribution in [0.1, 0.15) is 13.3 Å². The lowest BCUT2D eigenvalue weighted by Crippen LogP contribution is -2.35. The largest absolute Gasteiger partial charge is 0.315 e. The maximum atomic E-state index is 11.7. The molecule has 0 aromatic heterocycles. The molecule has 2 aliphatic rings. The van der Waals surface area contributed by atoms with Crippen LogP contribution in [0.5, 0.6) is 0 Å². The van der Waals surface area contributed by atoms with E-state index < -0.39 is 0 Å². The molecule has 0 bridgehead atoms. The van der Waals surface area contributed by atoms with Crippen molar-refractivity contribution in [3.63, 3.8) is 0 Å². The van der Waals surface area contributed by atoms with Gasteiger partial charge in [-0.2, -0.15) is 0 Å². The van der Waals surface area contributed by atoms with E-state index in [-0.39, 0.29) is 36.1 Å². The zero-order valence-corrected chi connectivity index (χ0v) is 8.97. The molecule has 2 heterocycles. The number of imide groups is 1. The number of carbonyl (C=O) groups excluding carboxylic acids is 2. The highest BCUT2D eigenvalue weighted by Crippen LogP contribution is 2.28. The summed E-state index contributed by atoms with van der Waals surface area (Å²) >= 11 is 0. The molecule has 0 radical (unpaired) electrons. The summed E-state index contributed by atoms with van der Waals surface area (Å²) in [5.74, 6) is -0.0817. The Labute approximate surface area is 89.4 Å². The lowest BCUT2D eigenvalue weighted by Gasteiger charge is -2.14. The van der Waals surface area contributed by atoms with E-state index in [1.54, 1.807) is 0 Å². The SMILES string of the molecule is CCCN1C(=O)[C@H]2CNC[C@H]2C1=O.Cl. The van der Waals surface area contributed by atoms with Crippen LogP contribution in [0.3, 0.4) is 0 Å². The molecule has 0 saturated carbocycles. The van der Waals surface area contributed by atoms with Gasteiger partial charge in [0.05, 0.1) is 11.8 Å². The van der Waals surface area contributed by atoms with Gasteiger partial charge >= 0.3 is 0 Å². The first-order chi connectivity index (χ1) is 6.25. The fourth-order valence-corrected chi connectivity index (χ4v) is 2.15. The number of hydrogen-bond acceptors (Lipinski definition) is 3. The van der Waals surface area contributed by atoms with Gasteiger partial charge < -0.3 is 5.32 Å². The van der Waals surface area contributed by atoms with E-state index >= 15 is 0 Å². The molecule has 0 aromatic carbocycles. The number of nitrogens with one attached hydrogen (secondary N) is 1. The minimum Gasteiger partial charge on any atom is -0.315 e. The molecule has 4 nitrogen and oxygen atoms in total. The van der Waals surface area contributed by atoms with Crippen molar-refractivity contribution in [3.05, 3.63) is 0 Å². The molecule has 2 atom stereocenters. The van der Waals surface area contributed by atoms with E-state index in [0.29, 0.717) is 19.6 Å². The van der Waals surface area contributed by atoms with Crippen molar-refractivity contribution in [2.45, 2.75) is 13.3 Å². The third kappa shape index (κ3) is 1.53. The number of nitrogens with zero attached hydrogens (tertiary/aromatic N) is 1. The topological polar surface area (TPSA) is 49.4 Å². The Kier molecular flexibility index (Phi) is 3.50. The molecule has 2 rings (SSSR count). The van der Waals surface area contributed by atoms with Crippen molar-refractivity contribution in [1.82, 2.24) is 10.2 Å². The molecular weight excluding hydrogens is 204 g/mol. The van der Waals surface area contributed by atoms with E-state index in [1.165, 1.54) is 4.90 Å². The Morgan fingerprint density at radius 1 is 1.29 bits per heavy atom. The summed E-state index contributed by atoms with van der Waals surface area (Å²) in [5, 5.41) is 3.08. The summed E-state index contributed by atoms with van der Waals surface area (Å²) in [4.78, 5) is 24.7. The van der Waals surface area contributed by atoms with Crippen LogP contribution in [-0.2, 0) is 9.59 Å². The maximum absolute atomic E-state index is 11.7. The fourth-order valence-electron chi connectivity index (χ4n) is 2.15. The van der Waals surface area contributed by atoms with Crippen LogP contribution in [0.2, 0.25) is 0 Å². The van der Waals surface area contributed by atoms with Crippen LogP contribution in [0, 0.1) is 11.8 Å².